The van der Waals surface area contributed by atoms with Crippen LogP contribution in [0, 0.1) is 0 Å². The highest BCUT2D eigenvalue weighted by molar-refractivity contribution is 5.21. The van der Waals surface area contributed by atoms with Gasteiger partial charge in [0.25, 0.3) is 0 Å². The summed E-state index contributed by atoms with van der Waals surface area (Å²) < 4.78 is 24.0. The third kappa shape index (κ3) is 3.05. The van der Waals surface area contributed by atoms with Crippen LogP contribution in [0.5, 0.6) is 0 Å². The summed E-state index contributed by atoms with van der Waals surface area (Å²) in [7, 11) is 0. The summed E-state index contributed by atoms with van der Waals surface area (Å²) >= 11 is 0. The number of nitrogens with zero attached hydrogens (tertiary/aromatic N) is 1. The fourth-order valence-corrected chi connectivity index (χ4v) is 1.15. The lowest BCUT2D eigenvalue weighted by atomic mass is 9.88. The van der Waals surface area contributed by atoms with Gasteiger partial charge in [0.05, 0.1) is 6.42 Å². The smallest absolute Gasteiger partial charge is 0.244 e. The predicted octanol–water partition coefficient (Wildman–Crippen LogP) is 3.19. The van der Waals surface area contributed by atoms with Gasteiger partial charge in [-0.05, 0) is 17.0 Å². The first-order valence-corrected chi connectivity index (χ1v) is 4.63. The fourth-order valence-electron chi connectivity index (χ4n) is 1.15. The van der Waals surface area contributed by atoms with E-state index in [1.165, 1.54) is 0 Å². The molecule has 0 N–H and O–H groups in total. The number of rotatable bonds is 2. The summed E-state index contributed by atoms with van der Waals surface area (Å²) in [5.74, 6) is 0. The molecule has 0 radical (unpaired) electrons. The molecule has 0 fully saturated rings. The summed E-state index contributed by atoms with van der Waals surface area (Å²) in [6, 6.07) is 3.54. The van der Waals surface area contributed by atoms with Crippen LogP contribution in [-0.2, 0) is 11.8 Å². The van der Waals surface area contributed by atoms with Gasteiger partial charge in [-0.15, -0.1) is 0 Å². The van der Waals surface area contributed by atoms with Crippen LogP contribution >= 0.6 is 0 Å². The zero-order valence-electron chi connectivity index (χ0n) is 8.72. The third-order valence-corrected chi connectivity index (χ3v) is 2.05. The van der Waals surface area contributed by atoms with Crippen molar-refractivity contribution in [1.82, 2.24) is 4.98 Å². The lowest BCUT2D eigenvalue weighted by Crippen LogP contribution is -2.12. The highest BCUT2D eigenvalue weighted by Crippen LogP contribution is 2.21. The molecule has 0 unspecified atom stereocenters. The second-order valence-electron chi connectivity index (χ2n) is 4.38. The Hall–Kier alpha value is -0.990. The van der Waals surface area contributed by atoms with E-state index < -0.39 is 6.43 Å². The Kier molecular flexibility index (Phi) is 3.19. The monoisotopic (exact) mass is 199 g/mol. The third-order valence-electron chi connectivity index (χ3n) is 2.05. The summed E-state index contributed by atoms with van der Waals surface area (Å²) in [5.41, 5.74) is 1.54. The molecule has 0 aliphatic carbocycles. The Bertz CT molecular complexity index is 285. The van der Waals surface area contributed by atoms with Crippen molar-refractivity contribution < 1.29 is 8.78 Å². The van der Waals surface area contributed by atoms with Crippen molar-refractivity contribution in [3.63, 3.8) is 0 Å². The minimum Gasteiger partial charge on any atom is -0.261 e. The zero-order chi connectivity index (χ0) is 10.8. The van der Waals surface area contributed by atoms with Gasteiger partial charge in [0.15, 0.2) is 0 Å². The molecule has 0 amide bonds. The Morgan fingerprint density at radius 1 is 1.29 bits per heavy atom. The molecule has 1 aromatic rings. The quantitative estimate of drug-likeness (QED) is 0.712. The average molecular weight is 199 g/mol. The Morgan fingerprint density at radius 2 is 1.93 bits per heavy atom. The molecule has 0 bridgehead atoms. The first-order chi connectivity index (χ1) is 6.39. The van der Waals surface area contributed by atoms with Gasteiger partial charge in [-0.3, -0.25) is 4.98 Å². The lowest BCUT2D eigenvalue weighted by molar-refractivity contribution is 0.148. The molecule has 0 aliphatic rings. The summed E-state index contributed by atoms with van der Waals surface area (Å²) in [6.07, 6.45) is -0.898. The van der Waals surface area contributed by atoms with E-state index in [2.05, 4.69) is 25.8 Å². The molecule has 0 spiro atoms. The molecule has 0 aliphatic heterocycles. The maximum absolute atomic E-state index is 12.0. The first kappa shape index (κ1) is 11.1. The number of hydrogen-bond donors (Lipinski definition) is 0. The second-order valence-corrected chi connectivity index (χ2v) is 4.38. The summed E-state index contributed by atoms with van der Waals surface area (Å²) in [5, 5.41) is 0. The largest absolute Gasteiger partial charge is 0.261 e. The number of aromatic nitrogens is 1. The van der Waals surface area contributed by atoms with Crippen LogP contribution in [0.3, 0.4) is 0 Å². The molecule has 1 aromatic heterocycles. The molecule has 0 saturated carbocycles. The van der Waals surface area contributed by atoms with Gasteiger partial charge in [0.2, 0.25) is 6.43 Å². The van der Waals surface area contributed by atoms with Gasteiger partial charge in [-0.25, -0.2) is 8.78 Å². The van der Waals surface area contributed by atoms with E-state index in [1.807, 2.05) is 6.07 Å². The van der Waals surface area contributed by atoms with Crippen LogP contribution in [0.1, 0.15) is 32.0 Å². The number of pyridine rings is 1. The maximum atomic E-state index is 12.0. The van der Waals surface area contributed by atoms with Crippen LogP contribution in [-0.4, -0.2) is 11.4 Å². The molecule has 1 rings (SSSR count). The molecule has 78 valence electrons. The van der Waals surface area contributed by atoms with Gasteiger partial charge < -0.3 is 0 Å². The molecular formula is C11H15F2N. The van der Waals surface area contributed by atoms with Crippen LogP contribution in [0.2, 0.25) is 0 Å². The molecule has 0 aromatic carbocycles. The van der Waals surface area contributed by atoms with E-state index in [4.69, 9.17) is 0 Å². The zero-order valence-corrected chi connectivity index (χ0v) is 8.72. The van der Waals surface area contributed by atoms with Crippen molar-refractivity contribution in [3.8, 4) is 0 Å². The standard InChI is InChI=1S/C11H15F2N/c1-11(2,3)8-4-5-9(14-7-8)6-10(12)13/h4-5,7,10H,6H2,1-3H3. The minimum atomic E-state index is -2.32. The van der Waals surface area contributed by atoms with Crippen molar-refractivity contribution >= 4 is 0 Å². The molecule has 0 atom stereocenters. The lowest BCUT2D eigenvalue weighted by Gasteiger charge is -2.18. The van der Waals surface area contributed by atoms with Gasteiger partial charge in [-0.1, -0.05) is 26.8 Å². The Labute approximate surface area is 83.2 Å². The highest BCUT2D eigenvalue weighted by atomic mass is 19.3. The topological polar surface area (TPSA) is 12.9 Å². The fraction of sp³-hybridized carbons (Fsp3) is 0.545. The maximum Gasteiger partial charge on any atom is 0.244 e. The Morgan fingerprint density at radius 3 is 2.29 bits per heavy atom. The van der Waals surface area contributed by atoms with Crippen LogP contribution in [0.25, 0.3) is 0 Å². The van der Waals surface area contributed by atoms with E-state index in [9.17, 15) is 8.78 Å². The van der Waals surface area contributed by atoms with Crippen LogP contribution in [0.4, 0.5) is 8.78 Å². The van der Waals surface area contributed by atoms with E-state index in [-0.39, 0.29) is 11.8 Å². The van der Waals surface area contributed by atoms with Gasteiger partial charge in [0, 0.05) is 11.9 Å². The van der Waals surface area contributed by atoms with Crippen molar-refractivity contribution in [2.45, 2.75) is 39.0 Å². The minimum absolute atomic E-state index is 0.0242. The van der Waals surface area contributed by atoms with E-state index in [0.29, 0.717) is 5.69 Å². The number of hydrogen-bond acceptors (Lipinski definition) is 1. The average Bonchev–Trinajstić information content (AvgIpc) is 2.02. The van der Waals surface area contributed by atoms with Gasteiger partial charge in [0.1, 0.15) is 0 Å². The SMILES string of the molecule is CC(C)(C)c1ccc(CC(F)F)nc1. The highest BCUT2D eigenvalue weighted by Gasteiger charge is 2.14. The number of alkyl halides is 2. The van der Waals surface area contributed by atoms with Gasteiger partial charge in [-0.2, -0.15) is 0 Å². The second kappa shape index (κ2) is 4.03. The van der Waals surface area contributed by atoms with Crippen molar-refractivity contribution in [3.05, 3.63) is 29.6 Å². The molecule has 14 heavy (non-hydrogen) atoms. The number of halogens is 2. The van der Waals surface area contributed by atoms with Crippen molar-refractivity contribution in [2.24, 2.45) is 0 Å². The van der Waals surface area contributed by atoms with Crippen LogP contribution in [0.15, 0.2) is 18.3 Å². The van der Waals surface area contributed by atoms with Crippen molar-refractivity contribution in [1.29, 1.82) is 0 Å². The van der Waals surface area contributed by atoms with Gasteiger partial charge >= 0.3 is 0 Å². The molecule has 1 heterocycles. The normalized spacial score (nSPS) is 12.1. The van der Waals surface area contributed by atoms with Crippen molar-refractivity contribution in [2.75, 3.05) is 0 Å². The molecule has 1 nitrogen and oxygen atoms in total. The first-order valence-electron chi connectivity index (χ1n) is 4.63. The van der Waals surface area contributed by atoms with E-state index in [1.54, 1.807) is 12.3 Å². The predicted molar refractivity (Wildman–Crippen MR) is 52.6 cm³/mol. The van der Waals surface area contributed by atoms with Crippen LogP contribution < -0.4 is 0 Å². The molecular weight excluding hydrogens is 184 g/mol. The summed E-state index contributed by atoms with van der Waals surface area (Å²) in [4.78, 5) is 4.01. The molecule has 0 saturated heterocycles. The molecule has 3 heteroatoms. The van der Waals surface area contributed by atoms with E-state index in [0.717, 1.165) is 5.56 Å². The van der Waals surface area contributed by atoms with E-state index >= 15 is 0 Å². The summed E-state index contributed by atoms with van der Waals surface area (Å²) in [6.45, 7) is 6.20. The Balaban J connectivity index is 2.79.